The molecule has 0 spiro atoms. The molecule has 2 aromatic carbocycles. The maximum absolute atomic E-state index is 12.6. The highest BCUT2D eigenvalue weighted by molar-refractivity contribution is 5.94. The number of fused-ring (bicyclic) bond motifs is 2. The lowest BCUT2D eigenvalue weighted by Crippen LogP contribution is -2.28. The van der Waals surface area contributed by atoms with Crippen molar-refractivity contribution in [1.29, 1.82) is 0 Å². The Balaban J connectivity index is 1.53. The summed E-state index contributed by atoms with van der Waals surface area (Å²) in [5.74, 6) is -0.0520. The molecule has 1 aliphatic rings. The van der Waals surface area contributed by atoms with E-state index in [1.165, 1.54) is 11.1 Å². The molecule has 1 aliphatic heterocycles. The van der Waals surface area contributed by atoms with Crippen LogP contribution in [-0.4, -0.2) is 17.4 Å². The van der Waals surface area contributed by atoms with Crippen molar-refractivity contribution in [3.8, 4) is 0 Å². The van der Waals surface area contributed by atoms with Crippen molar-refractivity contribution in [3.05, 3.63) is 77.1 Å². The van der Waals surface area contributed by atoms with Crippen LogP contribution in [0.4, 0.5) is 0 Å². The predicted octanol–water partition coefficient (Wildman–Crippen LogP) is 3.37. The monoisotopic (exact) mass is 331 g/mol. The average molecular weight is 331 g/mol. The SMILES string of the molecule is CC(NC(=O)c1ccc2c(c1)CCNC2)c1cc2ccccc2cn1. The fraction of sp³-hybridized carbons (Fsp3) is 0.238. The molecule has 0 radical (unpaired) electrons. The molecule has 1 unspecified atom stereocenters. The molecule has 0 saturated heterocycles. The molecule has 25 heavy (non-hydrogen) atoms. The molecule has 1 aromatic heterocycles. The van der Waals surface area contributed by atoms with Crippen LogP contribution < -0.4 is 10.6 Å². The Kier molecular flexibility index (Phi) is 4.20. The van der Waals surface area contributed by atoms with Crippen molar-refractivity contribution in [3.63, 3.8) is 0 Å². The van der Waals surface area contributed by atoms with Gasteiger partial charge in [-0.2, -0.15) is 0 Å². The summed E-state index contributed by atoms with van der Waals surface area (Å²) in [5.41, 5.74) is 4.14. The summed E-state index contributed by atoms with van der Waals surface area (Å²) < 4.78 is 0. The molecule has 4 heteroatoms. The number of pyridine rings is 1. The molecule has 3 aromatic rings. The first kappa shape index (κ1) is 15.8. The van der Waals surface area contributed by atoms with Crippen LogP contribution in [0.5, 0.6) is 0 Å². The molecule has 1 amide bonds. The van der Waals surface area contributed by atoms with Crippen molar-refractivity contribution in [2.45, 2.75) is 25.9 Å². The highest BCUT2D eigenvalue weighted by Crippen LogP contribution is 2.19. The molecule has 0 aliphatic carbocycles. The third-order valence-electron chi connectivity index (χ3n) is 4.80. The largest absolute Gasteiger partial charge is 0.344 e. The van der Waals surface area contributed by atoms with Gasteiger partial charge in [0.2, 0.25) is 0 Å². The molecule has 0 fully saturated rings. The second-order valence-corrected chi connectivity index (χ2v) is 6.56. The molecule has 126 valence electrons. The van der Waals surface area contributed by atoms with E-state index in [0.717, 1.165) is 36.0 Å². The number of aromatic nitrogens is 1. The van der Waals surface area contributed by atoms with Gasteiger partial charge >= 0.3 is 0 Å². The summed E-state index contributed by atoms with van der Waals surface area (Å²) in [4.78, 5) is 17.1. The van der Waals surface area contributed by atoms with E-state index in [-0.39, 0.29) is 11.9 Å². The molecule has 0 bridgehead atoms. The normalized spacial score (nSPS) is 14.8. The minimum absolute atomic E-state index is 0.0520. The van der Waals surface area contributed by atoms with E-state index in [4.69, 9.17) is 0 Å². The van der Waals surface area contributed by atoms with Gasteiger partial charge in [-0.15, -0.1) is 0 Å². The number of hydrogen-bond acceptors (Lipinski definition) is 3. The number of nitrogens with one attached hydrogen (secondary N) is 2. The smallest absolute Gasteiger partial charge is 0.251 e. The zero-order chi connectivity index (χ0) is 17.2. The lowest BCUT2D eigenvalue weighted by atomic mass is 9.98. The van der Waals surface area contributed by atoms with Crippen LogP contribution >= 0.6 is 0 Å². The predicted molar refractivity (Wildman–Crippen MR) is 99.5 cm³/mol. The molecular weight excluding hydrogens is 310 g/mol. The Morgan fingerprint density at radius 1 is 1.12 bits per heavy atom. The van der Waals surface area contributed by atoms with E-state index in [9.17, 15) is 4.79 Å². The third-order valence-corrected chi connectivity index (χ3v) is 4.80. The molecule has 4 nitrogen and oxygen atoms in total. The summed E-state index contributed by atoms with van der Waals surface area (Å²) in [7, 11) is 0. The number of nitrogens with zero attached hydrogens (tertiary/aromatic N) is 1. The molecule has 1 atom stereocenters. The van der Waals surface area contributed by atoms with Crippen LogP contribution in [0, 0.1) is 0 Å². The molecule has 2 heterocycles. The molecule has 4 rings (SSSR count). The second-order valence-electron chi connectivity index (χ2n) is 6.56. The van der Waals surface area contributed by atoms with Crippen molar-refractivity contribution in [1.82, 2.24) is 15.6 Å². The number of carbonyl (C=O) groups is 1. The van der Waals surface area contributed by atoms with Gasteiger partial charge in [-0.25, -0.2) is 0 Å². The van der Waals surface area contributed by atoms with Crippen LogP contribution in [0.2, 0.25) is 0 Å². The van der Waals surface area contributed by atoms with Crippen LogP contribution in [0.15, 0.2) is 54.7 Å². The number of rotatable bonds is 3. The first-order chi connectivity index (χ1) is 12.2. The van der Waals surface area contributed by atoms with Gasteiger partial charge < -0.3 is 10.6 Å². The van der Waals surface area contributed by atoms with Gasteiger partial charge in [0.05, 0.1) is 11.7 Å². The van der Waals surface area contributed by atoms with Crippen molar-refractivity contribution >= 4 is 16.7 Å². The Bertz CT molecular complexity index is 935. The Morgan fingerprint density at radius 2 is 1.96 bits per heavy atom. The summed E-state index contributed by atoms with van der Waals surface area (Å²) in [6, 6.07) is 16.0. The summed E-state index contributed by atoms with van der Waals surface area (Å²) in [6.07, 6.45) is 2.83. The number of carbonyl (C=O) groups excluding carboxylic acids is 1. The summed E-state index contributed by atoms with van der Waals surface area (Å²) >= 11 is 0. The average Bonchev–Trinajstić information content (AvgIpc) is 2.67. The van der Waals surface area contributed by atoms with E-state index in [1.54, 1.807) is 0 Å². The van der Waals surface area contributed by atoms with Gasteiger partial charge in [-0.3, -0.25) is 9.78 Å². The molecular formula is C21H21N3O. The highest BCUT2D eigenvalue weighted by atomic mass is 16.1. The van der Waals surface area contributed by atoms with E-state index >= 15 is 0 Å². The van der Waals surface area contributed by atoms with Crippen molar-refractivity contribution in [2.75, 3.05) is 6.54 Å². The van der Waals surface area contributed by atoms with E-state index in [2.05, 4.69) is 27.8 Å². The van der Waals surface area contributed by atoms with Crippen molar-refractivity contribution < 1.29 is 4.79 Å². The topological polar surface area (TPSA) is 54.0 Å². The summed E-state index contributed by atoms with van der Waals surface area (Å²) in [5, 5.41) is 8.65. The summed E-state index contributed by atoms with van der Waals surface area (Å²) in [6.45, 7) is 3.82. The maximum Gasteiger partial charge on any atom is 0.251 e. The van der Waals surface area contributed by atoms with Gasteiger partial charge in [0, 0.05) is 23.7 Å². The minimum Gasteiger partial charge on any atom is -0.344 e. The highest BCUT2D eigenvalue weighted by Gasteiger charge is 2.15. The zero-order valence-electron chi connectivity index (χ0n) is 14.3. The van der Waals surface area contributed by atoms with E-state index in [0.29, 0.717) is 5.56 Å². The van der Waals surface area contributed by atoms with Crippen LogP contribution in [0.3, 0.4) is 0 Å². The standard InChI is InChI=1S/C21H21N3O/c1-14(20-11-15-4-2-3-5-18(15)13-23-20)24-21(25)17-6-7-19-12-22-9-8-16(19)10-17/h2-7,10-11,13-14,22H,8-9,12H2,1H3,(H,24,25). The number of hydrogen-bond donors (Lipinski definition) is 2. The fourth-order valence-electron chi connectivity index (χ4n) is 3.31. The first-order valence-corrected chi connectivity index (χ1v) is 8.69. The Morgan fingerprint density at radius 3 is 2.84 bits per heavy atom. The van der Waals surface area contributed by atoms with Crippen LogP contribution in [-0.2, 0) is 13.0 Å². The zero-order valence-corrected chi connectivity index (χ0v) is 14.3. The molecule has 2 N–H and O–H groups in total. The Hall–Kier alpha value is -2.72. The van der Waals surface area contributed by atoms with Gasteiger partial charge in [-0.1, -0.05) is 30.3 Å². The van der Waals surface area contributed by atoms with Gasteiger partial charge in [0.1, 0.15) is 0 Å². The van der Waals surface area contributed by atoms with E-state index < -0.39 is 0 Å². The fourth-order valence-corrected chi connectivity index (χ4v) is 3.31. The third kappa shape index (κ3) is 3.26. The quantitative estimate of drug-likeness (QED) is 0.774. The van der Waals surface area contributed by atoms with Crippen molar-refractivity contribution in [2.24, 2.45) is 0 Å². The van der Waals surface area contributed by atoms with Crippen LogP contribution in [0.25, 0.3) is 10.8 Å². The lowest BCUT2D eigenvalue weighted by molar-refractivity contribution is 0.0939. The lowest BCUT2D eigenvalue weighted by Gasteiger charge is -2.19. The Labute approximate surface area is 147 Å². The number of amides is 1. The molecule has 0 saturated carbocycles. The maximum atomic E-state index is 12.6. The van der Waals surface area contributed by atoms with Crippen LogP contribution in [0.1, 0.15) is 40.1 Å². The van der Waals surface area contributed by atoms with Gasteiger partial charge in [0.15, 0.2) is 0 Å². The van der Waals surface area contributed by atoms with E-state index in [1.807, 2.05) is 49.5 Å². The second kappa shape index (κ2) is 6.65. The first-order valence-electron chi connectivity index (χ1n) is 8.69. The minimum atomic E-state index is -0.144. The van der Waals surface area contributed by atoms with Gasteiger partial charge in [0.25, 0.3) is 5.91 Å². The van der Waals surface area contributed by atoms with Gasteiger partial charge in [-0.05, 0) is 54.6 Å². The number of benzene rings is 2.